The molecule has 0 radical (unpaired) electrons. The molecule has 0 saturated heterocycles. The van der Waals surface area contributed by atoms with Crippen LogP contribution in [0.15, 0.2) is 24.5 Å². The van der Waals surface area contributed by atoms with E-state index in [2.05, 4.69) is 38.6 Å². The first-order valence-electron chi connectivity index (χ1n) is 10.7. The van der Waals surface area contributed by atoms with Gasteiger partial charge in [0, 0.05) is 43.3 Å². The van der Waals surface area contributed by atoms with Gasteiger partial charge >= 0.3 is 0 Å². The molecule has 1 fully saturated rings. The molecule has 31 heavy (non-hydrogen) atoms. The number of ether oxygens (including phenoxy) is 1. The lowest BCUT2D eigenvalue weighted by molar-refractivity contribution is 0.182. The summed E-state index contributed by atoms with van der Waals surface area (Å²) in [4.78, 5) is 20.7. The molecule has 1 aliphatic heterocycles. The molecule has 3 aromatic heterocycles. The van der Waals surface area contributed by atoms with Crippen molar-refractivity contribution in [3.63, 3.8) is 0 Å². The maximum absolute atomic E-state index is 9.83. The molecule has 2 atom stereocenters. The Morgan fingerprint density at radius 3 is 2.94 bits per heavy atom. The van der Waals surface area contributed by atoms with Crippen LogP contribution in [0.25, 0.3) is 10.9 Å². The molecule has 9 nitrogen and oxygen atoms in total. The third kappa shape index (κ3) is 4.11. The van der Waals surface area contributed by atoms with Gasteiger partial charge in [-0.2, -0.15) is 0 Å². The lowest BCUT2D eigenvalue weighted by Crippen LogP contribution is -2.27. The summed E-state index contributed by atoms with van der Waals surface area (Å²) >= 11 is 0. The first kappa shape index (κ1) is 19.9. The second-order valence-electron chi connectivity index (χ2n) is 8.36. The molecule has 1 saturated carbocycles. The van der Waals surface area contributed by atoms with E-state index in [4.69, 9.17) is 14.7 Å². The fourth-order valence-electron chi connectivity index (χ4n) is 4.36. The van der Waals surface area contributed by atoms with Crippen molar-refractivity contribution in [2.45, 2.75) is 44.4 Å². The number of nitrogens with one attached hydrogen (secondary N) is 2. The second-order valence-corrected chi connectivity index (χ2v) is 8.36. The summed E-state index contributed by atoms with van der Waals surface area (Å²) in [6.07, 6.45) is 6.65. The number of anilines is 3. The van der Waals surface area contributed by atoms with Crippen LogP contribution in [0, 0.1) is 0 Å². The van der Waals surface area contributed by atoms with E-state index >= 15 is 0 Å². The average Bonchev–Trinajstić information content (AvgIpc) is 3.18. The second kappa shape index (κ2) is 8.24. The topological polar surface area (TPSA) is 108 Å². The van der Waals surface area contributed by atoms with Gasteiger partial charge in [-0.1, -0.05) is 0 Å². The number of pyridine rings is 2. The monoisotopic (exact) mass is 421 g/mol. The summed E-state index contributed by atoms with van der Waals surface area (Å²) < 4.78 is 5.53. The molecule has 2 aliphatic rings. The third-order valence-electron chi connectivity index (χ3n) is 6.01. The van der Waals surface area contributed by atoms with Gasteiger partial charge in [0.05, 0.1) is 18.9 Å². The van der Waals surface area contributed by atoms with Crippen LogP contribution in [0.3, 0.4) is 0 Å². The van der Waals surface area contributed by atoms with E-state index in [-0.39, 0.29) is 12.1 Å². The van der Waals surface area contributed by atoms with Crippen molar-refractivity contribution >= 4 is 28.4 Å². The molecule has 0 bridgehead atoms. The largest absolute Gasteiger partial charge is 0.480 e. The van der Waals surface area contributed by atoms with E-state index in [1.807, 2.05) is 6.07 Å². The van der Waals surface area contributed by atoms with E-state index in [1.54, 1.807) is 19.5 Å². The van der Waals surface area contributed by atoms with Gasteiger partial charge in [-0.05, 0) is 44.0 Å². The zero-order valence-electron chi connectivity index (χ0n) is 17.8. The Kier molecular flexibility index (Phi) is 5.29. The fourth-order valence-corrected chi connectivity index (χ4v) is 4.36. The molecule has 162 valence electrons. The Hall–Kier alpha value is -3.04. The quantitative estimate of drug-likeness (QED) is 0.572. The smallest absolute Gasteiger partial charge is 0.237 e. The Morgan fingerprint density at radius 1 is 1.23 bits per heavy atom. The van der Waals surface area contributed by atoms with Gasteiger partial charge in [0.25, 0.3) is 0 Å². The lowest BCUT2D eigenvalue weighted by Gasteiger charge is -2.25. The van der Waals surface area contributed by atoms with Gasteiger partial charge in [-0.3, -0.25) is 0 Å². The standard InChI is InChI=1S/C22H27N7O2/c1-29-8-6-17-14(12-29)9-18(21(26-17)31-2)27-22-24-11-13-5-7-23-20(19(13)28-22)25-15-3-4-16(30)10-15/h5,7,9,11,15-16,30H,3-4,6,8,10,12H2,1-2H3,(H,23,25)(H,24,27,28)/t15-,16-/m1/s1. The van der Waals surface area contributed by atoms with Crippen LogP contribution in [-0.2, 0) is 13.0 Å². The van der Waals surface area contributed by atoms with Crippen LogP contribution < -0.4 is 15.4 Å². The van der Waals surface area contributed by atoms with Crippen LogP contribution in [-0.4, -0.2) is 62.8 Å². The average molecular weight is 422 g/mol. The Balaban J connectivity index is 1.45. The summed E-state index contributed by atoms with van der Waals surface area (Å²) in [6, 6.07) is 4.17. The molecule has 1 aliphatic carbocycles. The van der Waals surface area contributed by atoms with E-state index < -0.39 is 0 Å². The van der Waals surface area contributed by atoms with Crippen molar-refractivity contribution in [1.29, 1.82) is 0 Å². The maximum atomic E-state index is 9.83. The number of rotatable bonds is 5. The Bertz CT molecular complexity index is 1110. The van der Waals surface area contributed by atoms with Gasteiger partial charge in [-0.25, -0.2) is 19.9 Å². The summed E-state index contributed by atoms with van der Waals surface area (Å²) in [5.41, 5.74) is 3.75. The van der Waals surface area contributed by atoms with E-state index in [9.17, 15) is 5.11 Å². The summed E-state index contributed by atoms with van der Waals surface area (Å²) in [6.45, 7) is 1.84. The van der Waals surface area contributed by atoms with Gasteiger partial charge in [0.15, 0.2) is 5.82 Å². The summed E-state index contributed by atoms with van der Waals surface area (Å²) in [5.74, 6) is 1.70. The van der Waals surface area contributed by atoms with Crippen molar-refractivity contribution in [3.05, 3.63) is 35.8 Å². The number of fused-ring (bicyclic) bond motifs is 2. The number of likely N-dealkylation sites (N-methyl/N-ethyl adjacent to an activating group) is 1. The molecule has 9 heteroatoms. The van der Waals surface area contributed by atoms with E-state index in [0.717, 1.165) is 61.1 Å². The van der Waals surface area contributed by atoms with Crippen LogP contribution >= 0.6 is 0 Å². The predicted molar refractivity (Wildman–Crippen MR) is 119 cm³/mol. The Labute approximate surface area is 180 Å². The minimum atomic E-state index is -0.248. The number of aliphatic hydroxyl groups is 1. The van der Waals surface area contributed by atoms with Crippen LogP contribution in [0.5, 0.6) is 5.88 Å². The highest BCUT2D eigenvalue weighted by Gasteiger charge is 2.24. The van der Waals surface area contributed by atoms with Crippen molar-refractivity contribution in [1.82, 2.24) is 24.8 Å². The highest BCUT2D eigenvalue weighted by Crippen LogP contribution is 2.31. The molecule has 0 unspecified atom stereocenters. The predicted octanol–water partition coefficient (Wildman–Crippen LogP) is 2.49. The lowest BCUT2D eigenvalue weighted by atomic mass is 10.1. The highest BCUT2D eigenvalue weighted by atomic mass is 16.5. The van der Waals surface area contributed by atoms with Gasteiger partial charge in [0.1, 0.15) is 11.2 Å². The van der Waals surface area contributed by atoms with Crippen LogP contribution in [0.1, 0.15) is 30.5 Å². The number of nitrogens with zero attached hydrogens (tertiary/aromatic N) is 5. The molecular weight excluding hydrogens is 394 g/mol. The molecule has 3 N–H and O–H groups in total. The van der Waals surface area contributed by atoms with Crippen molar-refractivity contribution in [2.75, 3.05) is 31.3 Å². The molecular formula is C22H27N7O2. The zero-order valence-corrected chi connectivity index (χ0v) is 17.8. The Morgan fingerprint density at radius 2 is 2.13 bits per heavy atom. The summed E-state index contributed by atoms with van der Waals surface area (Å²) in [7, 11) is 3.73. The van der Waals surface area contributed by atoms with Crippen molar-refractivity contribution in [2.24, 2.45) is 0 Å². The third-order valence-corrected chi connectivity index (χ3v) is 6.01. The highest BCUT2D eigenvalue weighted by molar-refractivity contribution is 5.88. The van der Waals surface area contributed by atoms with Crippen LogP contribution in [0.2, 0.25) is 0 Å². The number of aliphatic hydroxyl groups excluding tert-OH is 1. The van der Waals surface area contributed by atoms with Gasteiger partial charge in [-0.15, -0.1) is 0 Å². The molecule has 4 heterocycles. The maximum Gasteiger partial charge on any atom is 0.237 e. The number of hydrogen-bond acceptors (Lipinski definition) is 9. The molecule has 0 amide bonds. The number of methoxy groups -OCH3 is 1. The minimum absolute atomic E-state index is 0.196. The first-order valence-corrected chi connectivity index (χ1v) is 10.7. The minimum Gasteiger partial charge on any atom is -0.480 e. The van der Waals surface area contributed by atoms with E-state index in [1.165, 1.54) is 5.56 Å². The molecule has 0 aromatic carbocycles. The van der Waals surface area contributed by atoms with Gasteiger partial charge in [0.2, 0.25) is 11.8 Å². The molecule has 3 aromatic rings. The first-order chi connectivity index (χ1) is 15.1. The van der Waals surface area contributed by atoms with Crippen molar-refractivity contribution in [3.8, 4) is 5.88 Å². The van der Waals surface area contributed by atoms with Crippen molar-refractivity contribution < 1.29 is 9.84 Å². The zero-order chi connectivity index (χ0) is 21.4. The summed E-state index contributed by atoms with van der Waals surface area (Å²) in [5, 5.41) is 17.5. The van der Waals surface area contributed by atoms with E-state index in [0.29, 0.717) is 17.6 Å². The molecule has 5 rings (SSSR count). The number of hydrogen-bond donors (Lipinski definition) is 3. The van der Waals surface area contributed by atoms with Gasteiger partial charge < -0.3 is 25.4 Å². The normalized spacial score (nSPS) is 21.1. The molecule has 0 spiro atoms. The number of aromatic nitrogens is 4. The SMILES string of the molecule is COc1nc2c(cc1Nc1ncc3ccnc(N[C@@H]4CC[C@@H](O)C4)c3n1)CN(C)CC2. The van der Waals surface area contributed by atoms with Crippen LogP contribution in [0.4, 0.5) is 17.5 Å². The fraction of sp³-hybridized carbons (Fsp3) is 0.455.